The van der Waals surface area contributed by atoms with Crippen molar-refractivity contribution in [2.75, 3.05) is 0 Å². The number of benzene rings is 13. The number of fused-ring (bicyclic) bond motifs is 6. The number of alkyl halides is 8. The highest BCUT2D eigenvalue weighted by atomic mass is 19.4. The van der Waals surface area contributed by atoms with E-state index in [1.54, 1.807) is 0 Å². The Morgan fingerprint density at radius 1 is 0.282 bits per heavy atom. The molecule has 1 heterocycles. The molecule has 2 aliphatic rings. The summed E-state index contributed by atoms with van der Waals surface area (Å²) in [6, 6.07) is 71.4. The van der Waals surface area contributed by atoms with Crippen molar-refractivity contribution in [3.8, 4) is 22.3 Å². The molecule has 142 heavy (non-hydrogen) atoms. The van der Waals surface area contributed by atoms with Crippen LogP contribution in [0.15, 0.2) is 200 Å². The van der Waals surface area contributed by atoms with E-state index in [-0.39, 0.29) is 86.7 Å². The van der Waals surface area contributed by atoms with Gasteiger partial charge in [-0.15, -0.1) is 0 Å². The Balaban J connectivity index is 0.000000164. The Hall–Kier alpha value is -10.1. The van der Waals surface area contributed by atoms with Crippen LogP contribution < -0.4 is 0 Å². The molecule has 1 nitrogen and oxygen atoms in total. The molecule has 13 aromatic carbocycles. The van der Waals surface area contributed by atoms with E-state index in [4.69, 9.17) is 4.98 Å². The van der Waals surface area contributed by atoms with Gasteiger partial charge in [-0.3, -0.25) is 4.98 Å². The molecule has 0 atom stereocenters. The summed E-state index contributed by atoms with van der Waals surface area (Å²) in [6.07, 6.45) is -11.5. The predicted molar refractivity (Wildman–Crippen MR) is 595 cm³/mol. The van der Waals surface area contributed by atoms with Crippen LogP contribution in [0.25, 0.3) is 87.0 Å². The lowest BCUT2D eigenvalue weighted by molar-refractivity contribution is -0.350. The molecule has 16 rings (SSSR count). The Labute approximate surface area is 847 Å². The van der Waals surface area contributed by atoms with Gasteiger partial charge in [0.1, 0.15) is 5.82 Å². The quantitative estimate of drug-likeness (QED) is 0.151. The van der Waals surface area contributed by atoms with Crippen LogP contribution >= 0.6 is 0 Å². The number of pyridine rings is 1. The number of aromatic nitrogens is 1. The fourth-order valence-electron chi connectivity index (χ4n) is 23.0. The highest BCUT2D eigenvalue weighted by Gasteiger charge is 2.70. The van der Waals surface area contributed by atoms with E-state index in [1.807, 2.05) is 62.4 Å². The fraction of sp³-hybridized carbons (Fsp3) is 0.462. The summed E-state index contributed by atoms with van der Waals surface area (Å²) >= 11 is 0. The van der Waals surface area contributed by atoms with Crippen molar-refractivity contribution in [1.29, 1.82) is 0 Å². The van der Waals surface area contributed by atoms with Crippen molar-refractivity contribution >= 4 is 64.8 Å². The monoisotopic (exact) mass is 1930 g/mol. The molecule has 2 saturated carbocycles. The van der Waals surface area contributed by atoms with Crippen LogP contribution in [0.2, 0.25) is 0 Å². The summed E-state index contributed by atoms with van der Waals surface area (Å²) < 4.78 is 123. The minimum atomic E-state index is -5.29. The smallest absolute Gasteiger partial charge is 0.253 e. The average molecular weight is 1940 g/mol. The largest absolute Gasteiger partial charge is 0.403 e. The van der Waals surface area contributed by atoms with Gasteiger partial charge in [-0.1, -0.05) is 376 Å². The van der Waals surface area contributed by atoms with E-state index >= 15 is 4.39 Å². The molecule has 0 radical (unpaired) electrons. The third-order valence-electron chi connectivity index (χ3n) is 30.4. The van der Waals surface area contributed by atoms with Crippen LogP contribution in [0.4, 0.5) is 39.5 Å². The molecule has 14 aromatic rings. The molecule has 2 aliphatic carbocycles. The first-order valence-electron chi connectivity index (χ1n) is 51.8. The van der Waals surface area contributed by atoms with E-state index in [0.717, 1.165) is 55.2 Å². The van der Waals surface area contributed by atoms with Gasteiger partial charge >= 0.3 is 12.4 Å². The lowest BCUT2D eigenvalue weighted by atomic mass is 9.66. The SMILES string of the molecule is Cc1c(C(C)(C)C)c(F)c(C(C)(C)C)c2ccccc12.Cc1c(C(C)(C)C)cc(-c2c(C(C)C)cccc2C(C)C)c2ccccc12.Cc1c(C(C)(C)C)cc(C2CCC(C(F)(F)F)(C(F)(F)F)CC2)c2ccccc12.Cc1c(C(C)(C)C)cc(C2CCC(F)(F)CC2)c2ccccc12.Cc1ccc2c(C)c(C(C)(C)C)cc(C(C)(C)C)c2n1.Cc1cccc(C)c1-c1cc(C(C)(C)C)c(C)c2ccccc12. The summed E-state index contributed by atoms with van der Waals surface area (Å²) in [5.41, 5.74) is 29.4. The zero-order chi connectivity index (χ0) is 106. The van der Waals surface area contributed by atoms with Gasteiger partial charge in [-0.25, -0.2) is 13.2 Å². The van der Waals surface area contributed by atoms with Crippen LogP contribution in [0.1, 0.15) is 386 Å². The second-order valence-electron chi connectivity index (χ2n) is 50.2. The van der Waals surface area contributed by atoms with Crippen LogP contribution in [-0.2, 0) is 43.3 Å². The third-order valence-corrected chi connectivity index (χ3v) is 30.4. The molecule has 0 unspecified atom stereocenters. The van der Waals surface area contributed by atoms with E-state index in [1.165, 1.54) is 149 Å². The van der Waals surface area contributed by atoms with Crippen molar-refractivity contribution in [3.63, 3.8) is 0 Å². The van der Waals surface area contributed by atoms with Gasteiger partial charge in [0.15, 0.2) is 5.41 Å². The first kappa shape index (κ1) is 112. The van der Waals surface area contributed by atoms with Crippen LogP contribution in [0.3, 0.4) is 0 Å². The van der Waals surface area contributed by atoms with Crippen molar-refractivity contribution in [1.82, 2.24) is 4.98 Å². The van der Waals surface area contributed by atoms with Gasteiger partial charge in [0, 0.05) is 29.5 Å². The van der Waals surface area contributed by atoms with Crippen LogP contribution in [0, 0.1) is 73.5 Å². The first-order chi connectivity index (χ1) is 65.4. The van der Waals surface area contributed by atoms with E-state index in [0.29, 0.717) is 24.7 Å². The molecule has 0 aliphatic heterocycles. The third kappa shape index (κ3) is 24.0. The van der Waals surface area contributed by atoms with Crippen molar-refractivity contribution < 1.29 is 39.5 Å². The van der Waals surface area contributed by atoms with E-state index in [9.17, 15) is 35.1 Å². The van der Waals surface area contributed by atoms with Crippen molar-refractivity contribution in [3.05, 3.63) is 323 Å². The fourth-order valence-corrected chi connectivity index (χ4v) is 23.0. The molecular weight excluding hydrogens is 1770 g/mol. The number of nitrogens with zero attached hydrogens (tertiary/aromatic N) is 1. The second-order valence-corrected chi connectivity index (χ2v) is 50.2. The summed E-state index contributed by atoms with van der Waals surface area (Å²) in [4.78, 5) is 4.83. The maximum Gasteiger partial charge on any atom is 0.403 e. The lowest BCUT2D eigenvalue weighted by Crippen LogP contribution is -2.51. The Kier molecular flexibility index (Phi) is 33.1. The highest BCUT2D eigenvalue weighted by Crippen LogP contribution is 2.61. The second kappa shape index (κ2) is 41.8. The number of halogens is 9. The number of hydrogen-bond donors (Lipinski definition) is 0. The van der Waals surface area contributed by atoms with Gasteiger partial charge in [0.2, 0.25) is 5.92 Å². The number of hydrogen-bond acceptors (Lipinski definition) is 1. The molecule has 0 saturated heterocycles. The molecule has 0 spiro atoms. The predicted octanol–water partition coefficient (Wildman–Crippen LogP) is 41.4. The molecular formula is C132H164F9N. The van der Waals surface area contributed by atoms with Gasteiger partial charge in [-0.05, 0) is 368 Å². The highest BCUT2D eigenvalue weighted by molar-refractivity contribution is 6.03. The van der Waals surface area contributed by atoms with Crippen molar-refractivity contribution in [2.45, 2.75) is 393 Å². The topological polar surface area (TPSA) is 12.9 Å². The first-order valence-corrected chi connectivity index (χ1v) is 51.8. The minimum Gasteiger partial charge on any atom is -0.253 e. The van der Waals surface area contributed by atoms with Crippen LogP contribution in [0.5, 0.6) is 0 Å². The zero-order valence-corrected chi connectivity index (χ0v) is 92.9. The van der Waals surface area contributed by atoms with Crippen molar-refractivity contribution in [2.24, 2.45) is 5.41 Å². The average Bonchev–Trinajstić information content (AvgIpc) is 0.740. The molecule has 0 N–H and O–H groups in total. The summed E-state index contributed by atoms with van der Waals surface area (Å²) in [6.45, 7) is 81.7. The van der Waals surface area contributed by atoms with Gasteiger partial charge in [0.25, 0.3) is 0 Å². The zero-order valence-electron chi connectivity index (χ0n) is 92.9. The summed E-state index contributed by atoms with van der Waals surface area (Å²) in [7, 11) is 0. The van der Waals surface area contributed by atoms with E-state index < -0.39 is 36.5 Å². The molecule has 10 heteroatoms. The maximum absolute atomic E-state index is 15.3. The normalized spacial score (nSPS) is 14.9. The standard InChI is InChI=1S/C27H34.C23H26F6.C23H26.C21H26F2.C19H25F.C19H27N/c1-17(2)20-14-11-15-21(18(3)4)26(20)24-16-25(27(6,7)8)19(5)22-12-9-10-13-23(22)24;1-14-16-7-5-6-8-17(16)18(13-19(14)20(2,3)4)15-9-11-21(12-10-15,22(24,25)26)23(27,28)29;1-15-10-9-11-16(2)22(15)20-14-21(23(4,5)6)17(3)18-12-7-8-13-19(18)20;1-14-16-7-5-6-8-17(16)18(13-19(14)20(2,3)4)15-9-11-21(22,23)12-10-15;1-12-13-10-8-9-11-14(13)16(19(5,6)7)17(20)15(12)18(2,3)4;1-12-9-10-14-13(2)15(18(3,4)5)11-16(17(14)20-12)19(6,7)8/h9-18H,1-8H3;5-8,13,15H,9-12H2,1-4H3;7-14H,1-6H3;5-8,13,15H,9-12H2,1-4H3;8-11H,1-7H3;9-11H,1-8H3. The number of aryl methyl sites for hydroxylation is 9. The molecule has 2 fully saturated rings. The number of rotatable bonds is 6. The Morgan fingerprint density at radius 2 is 0.570 bits per heavy atom. The Morgan fingerprint density at radius 3 is 0.908 bits per heavy atom. The van der Waals surface area contributed by atoms with Gasteiger partial charge in [0.05, 0.1) is 5.52 Å². The van der Waals surface area contributed by atoms with Gasteiger partial charge < -0.3 is 0 Å². The van der Waals surface area contributed by atoms with E-state index in [2.05, 4.69) is 394 Å². The Bertz CT molecular complexity index is 6840. The van der Waals surface area contributed by atoms with Crippen LogP contribution in [-0.4, -0.2) is 23.3 Å². The lowest BCUT2D eigenvalue weighted by Gasteiger charge is -2.42. The molecule has 1 aromatic heterocycles. The summed E-state index contributed by atoms with van der Waals surface area (Å²) in [5.74, 6) is -1.57. The minimum absolute atomic E-state index is 0.0186. The maximum atomic E-state index is 15.3. The molecule has 0 amide bonds. The van der Waals surface area contributed by atoms with Gasteiger partial charge in [-0.2, -0.15) is 26.3 Å². The summed E-state index contributed by atoms with van der Waals surface area (Å²) in [5, 5.41) is 13.5. The molecule has 0 bridgehead atoms. The molecule has 760 valence electrons.